The molecule has 2 heterocycles. The SMILES string of the molecule is Cc1c([C@@H](O)CN2CCCC(C(C)(C)N)C2)ccc2c1COC2=O.Cl. The molecule has 0 amide bonds. The van der Waals surface area contributed by atoms with Crippen LogP contribution in [-0.4, -0.2) is 41.1 Å². The van der Waals surface area contributed by atoms with E-state index in [9.17, 15) is 9.90 Å². The molecular weight excluding hydrogens is 340 g/mol. The number of β-amino-alcohol motifs (C(OH)–C–C–N with tert-alkyl or cyclic N) is 1. The number of piperidine rings is 1. The van der Waals surface area contributed by atoms with Crippen LogP contribution in [0.5, 0.6) is 0 Å². The number of fused-ring (bicyclic) bond motifs is 1. The van der Waals surface area contributed by atoms with Crippen molar-refractivity contribution in [1.29, 1.82) is 0 Å². The summed E-state index contributed by atoms with van der Waals surface area (Å²) in [7, 11) is 0. The van der Waals surface area contributed by atoms with E-state index in [4.69, 9.17) is 10.5 Å². The Bertz CT molecular complexity index is 642. The maximum Gasteiger partial charge on any atom is 0.338 e. The van der Waals surface area contributed by atoms with Crippen molar-refractivity contribution in [1.82, 2.24) is 4.90 Å². The van der Waals surface area contributed by atoms with Gasteiger partial charge in [-0.3, -0.25) is 0 Å². The van der Waals surface area contributed by atoms with Crippen molar-refractivity contribution >= 4 is 18.4 Å². The number of benzene rings is 1. The number of ether oxygens (including phenoxy) is 1. The van der Waals surface area contributed by atoms with Crippen molar-refractivity contribution in [2.24, 2.45) is 11.7 Å². The Balaban J connectivity index is 0.00000225. The van der Waals surface area contributed by atoms with E-state index >= 15 is 0 Å². The quantitative estimate of drug-likeness (QED) is 0.799. The second kappa shape index (κ2) is 7.62. The van der Waals surface area contributed by atoms with Crippen molar-refractivity contribution in [2.45, 2.75) is 51.9 Å². The number of esters is 1. The molecule has 0 aliphatic carbocycles. The van der Waals surface area contributed by atoms with E-state index in [1.807, 2.05) is 13.0 Å². The highest BCUT2D eigenvalue weighted by molar-refractivity contribution is 5.93. The van der Waals surface area contributed by atoms with E-state index < -0.39 is 6.10 Å². The molecule has 25 heavy (non-hydrogen) atoms. The molecule has 140 valence electrons. The minimum absolute atomic E-state index is 0. The fourth-order valence-corrected chi connectivity index (χ4v) is 3.90. The highest BCUT2D eigenvalue weighted by atomic mass is 35.5. The van der Waals surface area contributed by atoms with Crippen LogP contribution in [0.3, 0.4) is 0 Å². The molecule has 3 N–H and O–H groups in total. The summed E-state index contributed by atoms with van der Waals surface area (Å²) in [6.07, 6.45) is 1.70. The summed E-state index contributed by atoms with van der Waals surface area (Å²) in [5, 5.41) is 10.7. The van der Waals surface area contributed by atoms with Crippen LogP contribution in [0, 0.1) is 12.8 Å². The van der Waals surface area contributed by atoms with E-state index in [0.29, 0.717) is 24.6 Å². The van der Waals surface area contributed by atoms with Crippen molar-refractivity contribution in [3.8, 4) is 0 Å². The van der Waals surface area contributed by atoms with Gasteiger partial charge in [-0.05, 0) is 63.3 Å². The molecular formula is C19H29ClN2O3. The number of rotatable bonds is 4. The lowest BCUT2D eigenvalue weighted by molar-refractivity contribution is 0.0535. The predicted molar refractivity (Wildman–Crippen MR) is 99.9 cm³/mol. The van der Waals surface area contributed by atoms with Crippen molar-refractivity contribution in [2.75, 3.05) is 19.6 Å². The van der Waals surface area contributed by atoms with Gasteiger partial charge >= 0.3 is 5.97 Å². The standard InChI is InChI=1S/C19H28N2O3.ClH/c1-12-14(6-7-15-16(12)11-24-18(15)23)17(22)10-21-8-4-5-13(9-21)19(2,3)20;/h6-7,13,17,22H,4-5,8-11,20H2,1-3H3;1H/t13?,17-;/m0./s1. The third-order valence-electron chi connectivity index (χ3n) is 5.56. The van der Waals surface area contributed by atoms with Gasteiger partial charge in [0.15, 0.2) is 0 Å². The number of aliphatic hydroxyl groups excluding tert-OH is 1. The Kier molecular flexibility index (Phi) is 6.15. The fourth-order valence-electron chi connectivity index (χ4n) is 3.90. The van der Waals surface area contributed by atoms with Gasteiger partial charge in [0, 0.05) is 24.2 Å². The largest absolute Gasteiger partial charge is 0.457 e. The maximum absolute atomic E-state index is 11.6. The van der Waals surface area contributed by atoms with Crippen LogP contribution in [0.15, 0.2) is 12.1 Å². The van der Waals surface area contributed by atoms with Gasteiger partial charge in [0.05, 0.1) is 11.7 Å². The summed E-state index contributed by atoms with van der Waals surface area (Å²) >= 11 is 0. The van der Waals surface area contributed by atoms with Crippen LogP contribution in [-0.2, 0) is 11.3 Å². The topological polar surface area (TPSA) is 75.8 Å². The van der Waals surface area contributed by atoms with Gasteiger partial charge in [-0.1, -0.05) is 6.07 Å². The number of aliphatic hydroxyl groups is 1. The predicted octanol–water partition coefficient (Wildman–Crippen LogP) is 2.57. The number of nitrogens with two attached hydrogens (primary N) is 1. The Morgan fingerprint density at radius 2 is 2.16 bits per heavy atom. The molecule has 0 saturated carbocycles. The average molecular weight is 369 g/mol. The first-order valence-corrected chi connectivity index (χ1v) is 8.76. The second-order valence-corrected chi connectivity index (χ2v) is 7.82. The van der Waals surface area contributed by atoms with Gasteiger partial charge in [0.25, 0.3) is 0 Å². The van der Waals surface area contributed by atoms with Crippen molar-refractivity contribution in [3.05, 3.63) is 34.4 Å². The number of halogens is 1. The Hall–Kier alpha value is -1.14. The van der Waals surface area contributed by atoms with Gasteiger partial charge in [0.2, 0.25) is 0 Å². The van der Waals surface area contributed by atoms with Crippen LogP contribution < -0.4 is 5.73 Å². The van der Waals surface area contributed by atoms with Crippen LogP contribution in [0.2, 0.25) is 0 Å². The lowest BCUT2D eigenvalue weighted by Gasteiger charge is -2.40. The zero-order chi connectivity index (χ0) is 17.5. The zero-order valence-corrected chi connectivity index (χ0v) is 16.1. The number of carbonyl (C=O) groups is 1. The number of carbonyl (C=O) groups excluding carboxylic acids is 1. The van der Waals surface area contributed by atoms with Crippen LogP contribution in [0.1, 0.15) is 59.8 Å². The molecule has 5 nitrogen and oxygen atoms in total. The number of hydrogen-bond donors (Lipinski definition) is 2. The molecule has 1 aromatic carbocycles. The molecule has 1 saturated heterocycles. The van der Waals surface area contributed by atoms with Crippen LogP contribution in [0.4, 0.5) is 0 Å². The molecule has 2 atom stereocenters. The molecule has 2 aliphatic rings. The summed E-state index contributed by atoms with van der Waals surface area (Å²) in [5.74, 6) is 0.184. The van der Waals surface area contributed by atoms with E-state index in [2.05, 4.69) is 18.7 Å². The molecule has 0 radical (unpaired) electrons. The smallest absolute Gasteiger partial charge is 0.338 e. The molecule has 0 bridgehead atoms. The fraction of sp³-hybridized carbons (Fsp3) is 0.632. The van der Waals surface area contributed by atoms with Gasteiger partial charge in [-0.15, -0.1) is 12.4 Å². The van der Waals surface area contributed by atoms with Gasteiger partial charge in [0.1, 0.15) is 6.61 Å². The van der Waals surface area contributed by atoms with Gasteiger partial charge in [-0.25, -0.2) is 4.79 Å². The molecule has 2 aliphatic heterocycles. The molecule has 1 fully saturated rings. The molecule has 1 unspecified atom stereocenters. The summed E-state index contributed by atoms with van der Waals surface area (Å²) < 4.78 is 5.10. The first kappa shape index (κ1) is 20.2. The number of likely N-dealkylation sites (tertiary alicyclic amines) is 1. The maximum atomic E-state index is 11.6. The molecule has 0 aromatic heterocycles. The van der Waals surface area contributed by atoms with Crippen molar-refractivity contribution < 1.29 is 14.6 Å². The lowest BCUT2D eigenvalue weighted by atomic mass is 9.82. The molecule has 3 rings (SSSR count). The summed E-state index contributed by atoms with van der Waals surface area (Å²) in [4.78, 5) is 13.9. The van der Waals surface area contributed by atoms with E-state index in [-0.39, 0.29) is 23.9 Å². The summed E-state index contributed by atoms with van der Waals surface area (Å²) in [6.45, 7) is 8.95. The first-order valence-electron chi connectivity index (χ1n) is 8.76. The monoisotopic (exact) mass is 368 g/mol. The van der Waals surface area contributed by atoms with E-state index in [0.717, 1.165) is 42.6 Å². The van der Waals surface area contributed by atoms with Crippen LogP contribution in [0.25, 0.3) is 0 Å². The average Bonchev–Trinajstić information content (AvgIpc) is 2.89. The minimum atomic E-state index is -0.564. The third-order valence-corrected chi connectivity index (χ3v) is 5.56. The Labute approximate surface area is 155 Å². The third kappa shape index (κ3) is 4.17. The highest BCUT2D eigenvalue weighted by Gasteiger charge is 2.31. The molecule has 1 aromatic rings. The van der Waals surface area contributed by atoms with Gasteiger partial charge < -0.3 is 20.5 Å². The van der Waals surface area contributed by atoms with E-state index in [1.165, 1.54) is 0 Å². The number of cyclic esters (lactones) is 1. The van der Waals surface area contributed by atoms with Crippen molar-refractivity contribution in [3.63, 3.8) is 0 Å². The number of nitrogens with zero attached hydrogens (tertiary/aromatic N) is 1. The molecule has 0 spiro atoms. The Morgan fingerprint density at radius 3 is 2.84 bits per heavy atom. The Morgan fingerprint density at radius 1 is 1.44 bits per heavy atom. The zero-order valence-electron chi connectivity index (χ0n) is 15.2. The number of hydrogen-bond acceptors (Lipinski definition) is 5. The minimum Gasteiger partial charge on any atom is -0.457 e. The summed E-state index contributed by atoms with van der Waals surface area (Å²) in [5.41, 5.74) is 9.49. The molecule has 6 heteroatoms. The first-order chi connectivity index (χ1) is 11.3. The highest BCUT2D eigenvalue weighted by Crippen LogP contribution is 2.31. The summed E-state index contributed by atoms with van der Waals surface area (Å²) in [6, 6.07) is 3.64. The van der Waals surface area contributed by atoms with Crippen LogP contribution >= 0.6 is 12.4 Å². The van der Waals surface area contributed by atoms with Gasteiger partial charge in [-0.2, -0.15) is 0 Å². The second-order valence-electron chi connectivity index (χ2n) is 7.82. The lowest BCUT2D eigenvalue weighted by Crippen LogP contribution is -2.50. The van der Waals surface area contributed by atoms with E-state index in [1.54, 1.807) is 6.07 Å². The normalized spacial score (nSPS) is 22.1.